The number of methoxy groups -OCH3 is 2. The Labute approximate surface area is 140 Å². The normalized spacial score (nSPS) is 10.8. The second kappa shape index (κ2) is 6.32. The van der Waals surface area contributed by atoms with Gasteiger partial charge in [-0.1, -0.05) is 24.3 Å². The van der Waals surface area contributed by atoms with Crippen LogP contribution < -0.4 is 9.47 Å². The Kier molecular flexibility index (Phi) is 4.21. The first-order valence-corrected chi connectivity index (χ1v) is 7.69. The number of fused-ring (bicyclic) bond motifs is 1. The van der Waals surface area contributed by atoms with Gasteiger partial charge in [-0.15, -0.1) is 0 Å². The van der Waals surface area contributed by atoms with E-state index in [1.165, 1.54) is 0 Å². The maximum Gasteiger partial charge on any atom is 0.127 e. The third kappa shape index (κ3) is 2.71. The summed E-state index contributed by atoms with van der Waals surface area (Å²) in [6.45, 7) is 1.81. The molecule has 0 fully saturated rings. The van der Waals surface area contributed by atoms with Crippen molar-refractivity contribution < 1.29 is 19.7 Å². The number of hydrogen-bond acceptors (Lipinski definition) is 4. The van der Waals surface area contributed by atoms with Gasteiger partial charge >= 0.3 is 0 Å². The van der Waals surface area contributed by atoms with Crippen LogP contribution in [0.4, 0.5) is 0 Å². The average Bonchev–Trinajstić information content (AvgIpc) is 2.63. The highest BCUT2D eigenvalue weighted by atomic mass is 16.5. The maximum atomic E-state index is 10.7. The largest absolute Gasteiger partial charge is 0.507 e. The molecule has 0 bridgehead atoms. The topological polar surface area (TPSA) is 58.9 Å². The molecule has 0 heterocycles. The number of hydrogen-bond donors (Lipinski definition) is 2. The molecule has 0 saturated carbocycles. The van der Waals surface area contributed by atoms with Gasteiger partial charge in [-0.2, -0.15) is 0 Å². The van der Waals surface area contributed by atoms with E-state index in [2.05, 4.69) is 0 Å². The quantitative estimate of drug-likeness (QED) is 0.707. The van der Waals surface area contributed by atoms with Gasteiger partial charge in [-0.05, 0) is 30.2 Å². The number of rotatable bonds is 4. The first-order valence-electron chi connectivity index (χ1n) is 7.69. The summed E-state index contributed by atoms with van der Waals surface area (Å²) in [7, 11) is 3.20. The standard InChI is InChI=1S/C20H20O4/c1-12-18(10-13-8-14(23-2)11-15(9-13)24-3)20(22)17-7-5-4-6-16(17)19(12)21/h4-9,11,21-22H,10H2,1-3H3. The predicted octanol–water partition coefficient (Wildman–Crippen LogP) is 4.17. The van der Waals surface area contributed by atoms with Crippen LogP contribution in [0.2, 0.25) is 0 Å². The van der Waals surface area contributed by atoms with Gasteiger partial charge in [0.25, 0.3) is 0 Å². The minimum atomic E-state index is 0.197. The van der Waals surface area contributed by atoms with Crippen LogP contribution in [0.1, 0.15) is 16.7 Å². The second-order valence-electron chi connectivity index (χ2n) is 5.74. The van der Waals surface area contributed by atoms with E-state index in [0.29, 0.717) is 39.8 Å². The molecule has 4 nitrogen and oxygen atoms in total. The monoisotopic (exact) mass is 324 g/mol. The number of aromatic hydroxyl groups is 2. The SMILES string of the molecule is COc1cc(Cc2c(C)c(O)c3ccccc3c2O)cc(OC)c1. The molecule has 24 heavy (non-hydrogen) atoms. The molecule has 3 aromatic rings. The van der Waals surface area contributed by atoms with E-state index in [1.807, 2.05) is 31.2 Å². The molecule has 0 saturated heterocycles. The number of ether oxygens (including phenoxy) is 2. The van der Waals surface area contributed by atoms with Gasteiger partial charge in [0.1, 0.15) is 23.0 Å². The second-order valence-corrected chi connectivity index (χ2v) is 5.74. The van der Waals surface area contributed by atoms with Crippen molar-refractivity contribution in [1.82, 2.24) is 0 Å². The van der Waals surface area contributed by atoms with Crippen LogP contribution in [-0.4, -0.2) is 24.4 Å². The Hall–Kier alpha value is -2.88. The summed E-state index contributed by atoms with van der Waals surface area (Å²) in [5.74, 6) is 1.77. The summed E-state index contributed by atoms with van der Waals surface area (Å²) in [6, 6.07) is 12.9. The van der Waals surface area contributed by atoms with Gasteiger partial charge in [0, 0.05) is 28.8 Å². The van der Waals surface area contributed by atoms with Gasteiger partial charge in [0.2, 0.25) is 0 Å². The molecule has 3 rings (SSSR count). The van der Waals surface area contributed by atoms with Crippen LogP contribution in [0.15, 0.2) is 42.5 Å². The molecular formula is C20H20O4. The Morgan fingerprint density at radius 1 is 0.833 bits per heavy atom. The molecule has 0 spiro atoms. The molecule has 0 aliphatic rings. The lowest BCUT2D eigenvalue weighted by Crippen LogP contribution is -1.97. The van der Waals surface area contributed by atoms with Crippen LogP contribution >= 0.6 is 0 Å². The fourth-order valence-corrected chi connectivity index (χ4v) is 2.97. The highest BCUT2D eigenvalue weighted by Gasteiger charge is 2.16. The van der Waals surface area contributed by atoms with Crippen LogP contribution in [0.3, 0.4) is 0 Å². The molecule has 0 aliphatic carbocycles. The van der Waals surface area contributed by atoms with Crippen molar-refractivity contribution in [2.45, 2.75) is 13.3 Å². The third-order valence-electron chi connectivity index (χ3n) is 4.32. The molecule has 0 radical (unpaired) electrons. The van der Waals surface area contributed by atoms with Crippen LogP contribution in [0.25, 0.3) is 10.8 Å². The molecule has 0 aromatic heterocycles. The summed E-state index contributed by atoms with van der Waals surface area (Å²) in [5.41, 5.74) is 2.30. The van der Waals surface area contributed by atoms with Crippen LogP contribution in [0.5, 0.6) is 23.0 Å². The van der Waals surface area contributed by atoms with E-state index in [-0.39, 0.29) is 11.5 Å². The molecule has 4 heteroatoms. The molecule has 0 amide bonds. The van der Waals surface area contributed by atoms with Crippen LogP contribution in [-0.2, 0) is 6.42 Å². The summed E-state index contributed by atoms with van der Waals surface area (Å²) < 4.78 is 10.6. The van der Waals surface area contributed by atoms with Gasteiger partial charge < -0.3 is 19.7 Å². The zero-order valence-corrected chi connectivity index (χ0v) is 14.0. The lowest BCUT2D eigenvalue weighted by Gasteiger charge is -2.15. The minimum absolute atomic E-state index is 0.197. The molecular weight excluding hydrogens is 304 g/mol. The van der Waals surface area contributed by atoms with Gasteiger partial charge in [-0.25, -0.2) is 0 Å². The van der Waals surface area contributed by atoms with Crippen LogP contribution in [0, 0.1) is 6.92 Å². The molecule has 0 aliphatic heterocycles. The predicted molar refractivity (Wildman–Crippen MR) is 94.4 cm³/mol. The Morgan fingerprint density at radius 2 is 1.38 bits per heavy atom. The lowest BCUT2D eigenvalue weighted by atomic mass is 9.94. The fourth-order valence-electron chi connectivity index (χ4n) is 2.97. The van der Waals surface area contributed by atoms with E-state index in [0.717, 1.165) is 5.56 Å². The number of benzene rings is 3. The highest BCUT2D eigenvalue weighted by Crippen LogP contribution is 2.40. The summed E-state index contributed by atoms with van der Waals surface area (Å²) in [5, 5.41) is 22.5. The van der Waals surface area contributed by atoms with E-state index in [9.17, 15) is 10.2 Å². The molecule has 3 aromatic carbocycles. The zero-order valence-electron chi connectivity index (χ0n) is 14.0. The average molecular weight is 324 g/mol. The van der Waals surface area contributed by atoms with Crippen molar-refractivity contribution >= 4 is 10.8 Å². The van der Waals surface area contributed by atoms with Crippen molar-refractivity contribution in [3.63, 3.8) is 0 Å². The highest BCUT2D eigenvalue weighted by molar-refractivity contribution is 5.95. The molecule has 124 valence electrons. The zero-order chi connectivity index (χ0) is 17.3. The Balaban J connectivity index is 2.14. The smallest absolute Gasteiger partial charge is 0.127 e. The molecule has 2 N–H and O–H groups in total. The van der Waals surface area contributed by atoms with Crippen molar-refractivity contribution in [1.29, 1.82) is 0 Å². The van der Waals surface area contributed by atoms with Crippen molar-refractivity contribution in [3.05, 3.63) is 59.2 Å². The van der Waals surface area contributed by atoms with Gasteiger partial charge in [0.15, 0.2) is 0 Å². The van der Waals surface area contributed by atoms with Crippen molar-refractivity contribution in [2.75, 3.05) is 14.2 Å². The number of phenolic OH excluding ortho intramolecular Hbond substituents is 2. The van der Waals surface area contributed by atoms with Gasteiger partial charge in [0.05, 0.1) is 14.2 Å². The first kappa shape index (κ1) is 16.0. The number of phenols is 2. The van der Waals surface area contributed by atoms with E-state index >= 15 is 0 Å². The molecule has 0 atom stereocenters. The van der Waals surface area contributed by atoms with E-state index in [1.54, 1.807) is 32.4 Å². The fraction of sp³-hybridized carbons (Fsp3) is 0.200. The van der Waals surface area contributed by atoms with Gasteiger partial charge in [-0.3, -0.25) is 0 Å². The molecule has 0 unspecified atom stereocenters. The Bertz CT molecular complexity index is 878. The van der Waals surface area contributed by atoms with E-state index in [4.69, 9.17) is 9.47 Å². The van der Waals surface area contributed by atoms with E-state index < -0.39 is 0 Å². The summed E-state index contributed by atoms with van der Waals surface area (Å²) in [4.78, 5) is 0. The summed E-state index contributed by atoms with van der Waals surface area (Å²) in [6.07, 6.45) is 0.462. The lowest BCUT2D eigenvalue weighted by molar-refractivity contribution is 0.393. The van der Waals surface area contributed by atoms with Crippen molar-refractivity contribution in [2.24, 2.45) is 0 Å². The summed E-state index contributed by atoms with van der Waals surface area (Å²) >= 11 is 0. The third-order valence-corrected chi connectivity index (χ3v) is 4.32. The van der Waals surface area contributed by atoms with Crippen molar-refractivity contribution in [3.8, 4) is 23.0 Å². The minimum Gasteiger partial charge on any atom is -0.507 e. The Morgan fingerprint density at radius 3 is 1.92 bits per heavy atom. The first-order chi connectivity index (χ1) is 11.5. The maximum absolute atomic E-state index is 10.7.